The van der Waals surface area contributed by atoms with Crippen LogP contribution in [0.15, 0.2) is 22.7 Å². The summed E-state index contributed by atoms with van der Waals surface area (Å²) in [6.45, 7) is 2.04. The predicted octanol–water partition coefficient (Wildman–Crippen LogP) is 2.12. The molecule has 1 aromatic heterocycles. The Morgan fingerprint density at radius 1 is 1.53 bits per heavy atom. The third-order valence-corrected chi connectivity index (χ3v) is 2.52. The maximum Gasteiger partial charge on any atom is 0.152 e. The van der Waals surface area contributed by atoms with Gasteiger partial charge >= 0.3 is 0 Å². The van der Waals surface area contributed by atoms with Crippen molar-refractivity contribution in [1.82, 2.24) is 10.5 Å². The van der Waals surface area contributed by atoms with Crippen molar-refractivity contribution in [1.29, 1.82) is 0 Å². The molecule has 1 N–H and O–H groups in total. The predicted molar refractivity (Wildman–Crippen MR) is 56.2 cm³/mol. The van der Waals surface area contributed by atoms with Crippen LogP contribution in [-0.2, 0) is 6.42 Å². The Kier molecular flexibility index (Phi) is 2.68. The van der Waals surface area contributed by atoms with Gasteiger partial charge in [-0.15, -0.1) is 0 Å². The van der Waals surface area contributed by atoms with Crippen LogP contribution in [0.1, 0.15) is 12.7 Å². The van der Waals surface area contributed by atoms with Crippen molar-refractivity contribution in [2.24, 2.45) is 0 Å². The molecule has 0 fully saturated rings. The van der Waals surface area contributed by atoms with Crippen molar-refractivity contribution in [3.63, 3.8) is 0 Å². The molecule has 0 aliphatic heterocycles. The lowest BCUT2D eigenvalue weighted by Crippen LogP contribution is -2.23. The minimum absolute atomic E-state index is 0.282. The number of nitrogens with one attached hydrogen (secondary N) is 1. The number of hydrogen-bond donors (Lipinski definition) is 1. The van der Waals surface area contributed by atoms with Crippen molar-refractivity contribution < 1.29 is 8.91 Å². The van der Waals surface area contributed by atoms with Gasteiger partial charge in [0, 0.05) is 17.8 Å². The molecular formula is C11H13FN2O. The molecule has 0 spiro atoms. The van der Waals surface area contributed by atoms with Gasteiger partial charge in [-0.1, -0.05) is 11.2 Å². The number of hydrogen-bond acceptors (Lipinski definition) is 3. The second kappa shape index (κ2) is 3.98. The van der Waals surface area contributed by atoms with E-state index in [1.54, 1.807) is 6.07 Å². The van der Waals surface area contributed by atoms with Crippen LogP contribution in [0.5, 0.6) is 0 Å². The minimum Gasteiger partial charge on any atom is -0.360 e. The number of halogens is 1. The normalized spacial score (nSPS) is 13.3. The van der Waals surface area contributed by atoms with Crippen molar-refractivity contribution in [2.45, 2.75) is 19.4 Å². The highest BCUT2D eigenvalue weighted by Gasteiger charge is 2.13. The molecule has 0 saturated heterocycles. The van der Waals surface area contributed by atoms with E-state index in [4.69, 9.17) is 4.52 Å². The first-order valence-corrected chi connectivity index (χ1v) is 4.92. The lowest BCUT2D eigenvalue weighted by molar-refractivity contribution is 0.376. The van der Waals surface area contributed by atoms with Crippen molar-refractivity contribution in [2.75, 3.05) is 7.05 Å². The number of likely N-dealkylation sites (N-methyl/N-ethyl adjacent to an activating group) is 1. The van der Waals surface area contributed by atoms with Crippen LogP contribution in [-0.4, -0.2) is 18.2 Å². The van der Waals surface area contributed by atoms with Gasteiger partial charge in [-0.05, 0) is 26.1 Å². The summed E-state index contributed by atoms with van der Waals surface area (Å²) >= 11 is 0. The Morgan fingerprint density at radius 3 is 3.07 bits per heavy atom. The first-order valence-electron chi connectivity index (χ1n) is 4.92. The standard InChI is InChI=1S/C11H13FN2O/c1-7(13-2)6-10-8-4-3-5-9(12)11(8)14-15-10/h3-5,7,13H,6H2,1-2H3. The SMILES string of the molecule is CNC(C)Cc1onc2c(F)cccc12. The minimum atomic E-state index is -0.334. The lowest BCUT2D eigenvalue weighted by atomic mass is 10.1. The summed E-state index contributed by atoms with van der Waals surface area (Å²) < 4.78 is 18.4. The molecule has 1 atom stereocenters. The number of benzene rings is 1. The fourth-order valence-corrected chi connectivity index (χ4v) is 1.51. The maximum atomic E-state index is 13.3. The summed E-state index contributed by atoms with van der Waals surface area (Å²) in [4.78, 5) is 0. The molecular weight excluding hydrogens is 195 g/mol. The van der Waals surface area contributed by atoms with Gasteiger partial charge in [0.25, 0.3) is 0 Å². The quantitative estimate of drug-likeness (QED) is 0.839. The van der Waals surface area contributed by atoms with Gasteiger partial charge in [0.15, 0.2) is 5.82 Å². The summed E-state index contributed by atoms with van der Waals surface area (Å²) in [5, 5.41) is 7.59. The summed E-state index contributed by atoms with van der Waals surface area (Å²) in [6.07, 6.45) is 0.705. The van der Waals surface area contributed by atoms with Gasteiger partial charge in [0.2, 0.25) is 0 Å². The van der Waals surface area contributed by atoms with Gasteiger partial charge in [0.1, 0.15) is 11.3 Å². The van der Waals surface area contributed by atoms with Gasteiger partial charge < -0.3 is 9.84 Å². The molecule has 1 aromatic carbocycles. The monoisotopic (exact) mass is 208 g/mol. The van der Waals surface area contributed by atoms with Crippen LogP contribution < -0.4 is 5.32 Å². The van der Waals surface area contributed by atoms with Crippen LogP contribution >= 0.6 is 0 Å². The Morgan fingerprint density at radius 2 is 2.33 bits per heavy atom. The molecule has 0 radical (unpaired) electrons. The Hall–Kier alpha value is -1.42. The molecule has 3 nitrogen and oxygen atoms in total. The second-order valence-corrected chi connectivity index (χ2v) is 3.64. The Balaban J connectivity index is 2.41. The number of aromatic nitrogens is 1. The number of nitrogens with zero attached hydrogens (tertiary/aromatic N) is 1. The van der Waals surface area contributed by atoms with E-state index in [0.29, 0.717) is 11.9 Å². The average molecular weight is 208 g/mol. The van der Waals surface area contributed by atoms with Crippen LogP contribution in [0.25, 0.3) is 10.9 Å². The second-order valence-electron chi connectivity index (χ2n) is 3.64. The van der Waals surface area contributed by atoms with Crippen LogP contribution in [0.3, 0.4) is 0 Å². The molecule has 15 heavy (non-hydrogen) atoms. The number of rotatable bonds is 3. The van der Waals surface area contributed by atoms with Crippen LogP contribution in [0, 0.1) is 5.82 Å². The van der Waals surface area contributed by atoms with Gasteiger partial charge in [-0.2, -0.15) is 0 Å². The van der Waals surface area contributed by atoms with Crippen molar-refractivity contribution in [3.8, 4) is 0 Å². The number of fused-ring (bicyclic) bond motifs is 1. The zero-order chi connectivity index (χ0) is 10.8. The van der Waals surface area contributed by atoms with E-state index in [0.717, 1.165) is 11.1 Å². The Labute approximate surface area is 87.3 Å². The molecule has 0 bridgehead atoms. The molecule has 2 aromatic rings. The van der Waals surface area contributed by atoms with E-state index in [1.807, 2.05) is 20.0 Å². The molecule has 0 saturated carbocycles. The van der Waals surface area contributed by atoms with E-state index in [1.165, 1.54) is 6.07 Å². The molecule has 0 amide bonds. The molecule has 0 aliphatic carbocycles. The van der Waals surface area contributed by atoms with Crippen molar-refractivity contribution >= 4 is 10.9 Å². The molecule has 4 heteroatoms. The molecule has 2 rings (SSSR count). The molecule has 1 unspecified atom stereocenters. The molecule has 80 valence electrons. The first kappa shape index (κ1) is 10.1. The smallest absolute Gasteiger partial charge is 0.152 e. The van der Waals surface area contributed by atoms with E-state index in [2.05, 4.69) is 10.5 Å². The van der Waals surface area contributed by atoms with Crippen LogP contribution in [0.2, 0.25) is 0 Å². The van der Waals surface area contributed by atoms with Gasteiger partial charge in [-0.3, -0.25) is 0 Å². The fourth-order valence-electron chi connectivity index (χ4n) is 1.51. The topological polar surface area (TPSA) is 38.1 Å². The zero-order valence-electron chi connectivity index (χ0n) is 8.75. The third kappa shape index (κ3) is 1.85. The van der Waals surface area contributed by atoms with Gasteiger partial charge in [-0.25, -0.2) is 4.39 Å². The average Bonchev–Trinajstić information content (AvgIpc) is 2.63. The molecule has 0 aliphatic rings. The third-order valence-electron chi connectivity index (χ3n) is 2.52. The molecule has 1 heterocycles. The first-order chi connectivity index (χ1) is 7.22. The van der Waals surface area contributed by atoms with E-state index >= 15 is 0 Å². The highest BCUT2D eigenvalue weighted by atomic mass is 19.1. The summed E-state index contributed by atoms with van der Waals surface area (Å²) in [6, 6.07) is 5.16. The van der Waals surface area contributed by atoms with Gasteiger partial charge in [0.05, 0.1) is 0 Å². The summed E-state index contributed by atoms with van der Waals surface area (Å²) in [7, 11) is 1.88. The van der Waals surface area contributed by atoms with E-state index in [-0.39, 0.29) is 11.9 Å². The zero-order valence-corrected chi connectivity index (χ0v) is 8.75. The Bertz CT molecular complexity index is 467. The largest absolute Gasteiger partial charge is 0.360 e. The van der Waals surface area contributed by atoms with E-state index < -0.39 is 0 Å². The fraction of sp³-hybridized carbons (Fsp3) is 0.364. The van der Waals surface area contributed by atoms with Crippen molar-refractivity contribution in [3.05, 3.63) is 29.8 Å². The highest BCUT2D eigenvalue weighted by Crippen LogP contribution is 2.21. The van der Waals surface area contributed by atoms with E-state index in [9.17, 15) is 4.39 Å². The summed E-state index contributed by atoms with van der Waals surface area (Å²) in [5.41, 5.74) is 0.316. The highest BCUT2D eigenvalue weighted by molar-refractivity contribution is 5.80. The van der Waals surface area contributed by atoms with Crippen LogP contribution in [0.4, 0.5) is 4.39 Å². The maximum absolute atomic E-state index is 13.3. The summed E-state index contributed by atoms with van der Waals surface area (Å²) in [5.74, 6) is 0.394. The lowest BCUT2D eigenvalue weighted by Gasteiger charge is -2.06.